The Morgan fingerprint density at radius 2 is 0.973 bits per heavy atom. The minimum atomic E-state index is -4.16. The second-order valence-electron chi connectivity index (χ2n) is 14.7. The third-order valence-electron chi connectivity index (χ3n) is 4.44. The molecule has 0 amide bonds. The highest BCUT2D eigenvalue weighted by atomic mass is 31.2. The van der Waals surface area contributed by atoms with Gasteiger partial charge in [0.05, 0.1) is 0 Å². The van der Waals surface area contributed by atoms with Crippen molar-refractivity contribution in [2.45, 2.75) is 123 Å². The molecule has 0 N–H and O–H groups in total. The Balaban J connectivity index is 3.97. The molecule has 0 aliphatic carbocycles. The van der Waals surface area contributed by atoms with Gasteiger partial charge in [0.15, 0.2) is 33.3 Å². The van der Waals surface area contributed by atoms with E-state index in [1.165, 1.54) is 0 Å². The van der Waals surface area contributed by atoms with Gasteiger partial charge < -0.3 is 21.3 Å². The maximum Gasteiger partial charge on any atom is 0.340 e. The predicted molar refractivity (Wildman–Crippen MR) is 166 cm³/mol. The Morgan fingerprint density at radius 1 is 0.649 bits per heavy atom. The van der Waals surface area contributed by atoms with E-state index in [0.717, 1.165) is 0 Å². The van der Waals surface area contributed by atoms with Crippen LogP contribution in [0.2, 0.25) is 98.2 Å². The molecule has 0 spiro atoms. The molecular formula is C21H53NO8P2Si5. The predicted octanol–water partition coefficient (Wildman–Crippen LogP) is 7.90. The van der Waals surface area contributed by atoms with E-state index in [2.05, 4.69) is 0 Å². The van der Waals surface area contributed by atoms with Crippen LogP contribution in [0.4, 0.5) is 0 Å². The van der Waals surface area contributed by atoms with E-state index in [4.69, 9.17) is 21.3 Å². The lowest BCUT2D eigenvalue weighted by Gasteiger charge is -2.45. The summed E-state index contributed by atoms with van der Waals surface area (Å²) < 4.78 is 61.8. The number of carbonyl (C=O) groups is 1. The number of carbonyl (C=O) groups excluding carboxylic acids is 1. The van der Waals surface area contributed by atoms with Crippen LogP contribution in [-0.4, -0.2) is 70.6 Å². The molecule has 0 saturated carbocycles. The van der Waals surface area contributed by atoms with Crippen LogP contribution in [0.1, 0.15) is 12.8 Å². The summed E-state index contributed by atoms with van der Waals surface area (Å²) in [5.74, 6) is -0.387. The molecule has 0 bridgehead atoms. The molecule has 1 aliphatic rings. The van der Waals surface area contributed by atoms with Gasteiger partial charge in [0.1, 0.15) is 6.04 Å². The Hall–Kier alpha value is 0.814. The van der Waals surface area contributed by atoms with Gasteiger partial charge in [0.2, 0.25) is 13.8 Å². The van der Waals surface area contributed by atoms with E-state index in [0.29, 0.717) is 19.4 Å². The van der Waals surface area contributed by atoms with Crippen molar-refractivity contribution in [3.63, 3.8) is 0 Å². The third-order valence-corrected chi connectivity index (χ3v) is 21.5. The molecule has 0 aromatic rings. The van der Waals surface area contributed by atoms with Gasteiger partial charge in [0, 0.05) is 6.54 Å². The van der Waals surface area contributed by atoms with Crippen molar-refractivity contribution in [1.82, 2.24) is 4.90 Å². The average molecular weight is 650 g/mol. The Labute approximate surface area is 231 Å². The van der Waals surface area contributed by atoms with Crippen molar-refractivity contribution in [3.05, 3.63) is 0 Å². The van der Waals surface area contributed by atoms with Crippen molar-refractivity contribution in [2.24, 2.45) is 0 Å². The largest absolute Gasteiger partial charge is 0.519 e. The quantitative estimate of drug-likeness (QED) is 0.146. The second-order valence-corrected chi connectivity index (χ2v) is 42.5. The van der Waals surface area contributed by atoms with E-state index in [1.807, 2.05) is 98.2 Å². The zero-order chi connectivity index (χ0) is 29.5. The highest BCUT2D eigenvalue weighted by molar-refractivity contribution is 7.75. The molecular weight excluding hydrogens is 597 g/mol. The molecule has 1 saturated heterocycles. The summed E-state index contributed by atoms with van der Waals surface area (Å²) in [5.41, 5.74) is -1.35. The Kier molecular flexibility index (Phi) is 11.6. The normalized spacial score (nSPS) is 19.5. The first kappa shape index (κ1) is 35.8. The molecule has 1 fully saturated rings. The SMILES string of the molecule is C[Si](C)(C)OC(=O)C1CCCN1C(P(=O)(O[Si](C)(C)C)O[Si](C)(C)C)P(=O)(O[Si](C)(C)C)O[Si](C)(C)C. The Bertz CT molecular complexity index is 813. The van der Waals surface area contributed by atoms with E-state index in [1.54, 1.807) is 4.90 Å². The fourth-order valence-electron chi connectivity index (χ4n) is 3.98. The fourth-order valence-corrected chi connectivity index (χ4v) is 23.8. The van der Waals surface area contributed by atoms with Gasteiger partial charge in [-0.2, -0.15) is 0 Å². The first-order chi connectivity index (χ1) is 16.1. The lowest BCUT2D eigenvalue weighted by atomic mass is 10.2. The molecule has 220 valence electrons. The Morgan fingerprint density at radius 3 is 1.24 bits per heavy atom. The number of hydrogen-bond donors (Lipinski definition) is 0. The van der Waals surface area contributed by atoms with E-state index in [9.17, 15) is 4.79 Å². The summed E-state index contributed by atoms with van der Waals surface area (Å²) in [4.78, 5) is 15.2. The van der Waals surface area contributed by atoms with E-state index >= 15 is 9.13 Å². The van der Waals surface area contributed by atoms with Crippen LogP contribution in [0, 0.1) is 0 Å². The lowest BCUT2D eigenvalue weighted by molar-refractivity contribution is -0.140. The topological polar surface area (TPSA) is 101 Å². The minimum Gasteiger partial charge on any atom is -0.519 e. The highest BCUT2D eigenvalue weighted by Gasteiger charge is 2.61. The molecule has 9 nitrogen and oxygen atoms in total. The van der Waals surface area contributed by atoms with Crippen LogP contribution in [0.25, 0.3) is 0 Å². The monoisotopic (exact) mass is 649 g/mol. The standard InChI is InChI=1S/C21H53NO8P2Si5/c1-33(2,3)26-20(23)19-17-16-18-22(19)21(31(24,27-34(4,5)6)28-35(7,8)9)32(25,29-36(10,11)12)30-37(13,14)15/h19,21H,16-18H2,1-15H3. The lowest BCUT2D eigenvalue weighted by Crippen LogP contribution is -2.50. The van der Waals surface area contributed by atoms with Crippen LogP contribution in [-0.2, 0) is 35.2 Å². The molecule has 1 rings (SSSR count). The van der Waals surface area contributed by atoms with Crippen LogP contribution >= 0.6 is 15.2 Å². The maximum atomic E-state index is 15.1. The van der Waals surface area contributed by atoms with Gasteiger partial charge in [-0.15, -0.1) is 0 Å². The number of rotatable bonds is 13. The van der Waals surface area contributed by atoms with Gasteiger partial charge in [-0.25, -0.2) is 0 Å². The average Bonchev–Trinajstić information content (AvgIpc) is 2.93. The summed E-state index contributed by atoms with van der Waals surface area (Å²) in [6, 6.07) is -0.732. The zero-order valence-electron chi connectivity index (χ0n) is 25.9. The summed E-state index contributed by atoms with van der Waals surface area (Å²) >= 11 is 0. The van der Waals surface area contributed by atoms with Gasteiger partial charge >= 0.3 is 21.2 Å². The molecule has 0 radical (unpaired) electrons. The molecule has 1 unspecified atom stereocenters. The van der Waals surface area contributed by atoms with Crippen LogP contribution < -0.4 is 0 Å². The van der Waals surface area contributed by atoms with E-state index in [-0.39, 0.29) is 5.97 Å². The molecule has 37 heavy (non-hydrogen) atoms. The van der Waals surface area contributed by atoms with Crippen molar-refractivity contribution in [2.75, 3.05) is 6.54 Å². The minimum absolute atomic E-state index is 0.387. The van der Waals surface area contributed by atoms with Crippen LogP contribution in [0.15, 0.2) is 0 Å². The first-order valence-corrected chi connectivity index (χ1v) is 33.3. The maximum absolute atomic E-state index is 15.1. The van der Waals surface area contributed by atoms with Gasteiger partial charge in [-0.1, -0.05) is 0 Å². The van der Waals surface area contributed by atoms with Crippen molar-refractivity contribution < 1.29 is 35.2 Å². The molecule has 0 aromatic heterocycles. The zero-order valence-corrected chi connectivity index (χ0v) is 32.7. The van der Waals surface area contributed by atoms with Crippen LogP contribution in [0.5, 0.6) is 0 Å². The highest BCUT2D eigenvalue weighted by Crippen LogP contribution is 2.74. The number of hydrogen-bond acceptors (Lipinski definition) is 9. The molecule has 1 aliphatic heterocycles. The summed E-state index contributed by atoms with van der Waals surface area (Å²) in [6.07, 6.45) is 1.15. The second kappa shape index (κ2) is 12.0. The molecule has 0 aromatic carbocycles. The van der Waals surface area contributed by atoms with Crippen molar-refractivity contribution >= 4 is 62.7 Å². The number of nitrogens with zero attached hydrogens (tertiary/aromatic N) is 1. The van der Waals surface area contributed by atoms with Gasteiger partial charge in [-0.05, 0) is 111 Å². The first-order valence-electron chi connectivity index (χ1n) is 13.1. The summed E-state index contributed by atoms with van der Waals surface area (Å²) in [7, 11) is -20.5. The molecule has 16 heteroatoms. The summed E-state index contributed by atoms with van der Waals surface area (Å²) in [6.45, 7) is 29.3. The summed E-state index contributed by atoms with van der Waals surface area (Å²) in [5, 5.41) is 0. The van der Waals surface area contributed by atoms with E-state index < -0.39 is 68.3 Å². The van der Waals surface area contributed by atoms with Crippen LogP contribution in [0.3, 0.4) is 0 Å². The van der Waals surface area contributed by atoms with Gasteiger partial charge in [0.25, 0.3) is 0 Å². The third kappa shape index (κ3) is 12.5. The van der Waals surface area contributed by atoms with Crippen molar-refractivity contribution in [3.8, 4) is 0 Å². The fraction of sp³-hybridized carbons (Fsp3) is 0.952. The molecule has 1 heterocycles. The number of likely N-dealkylation sites (tertiary alicyclic amines) is 1. The van der Waals surface area contributed by atoms with Crippen molar-refractivity contribution in [1.29, 1.82) is 0 Å². The smallest absolute Gasteiger partial charge is 0.340 e. The van der Waals surface area contributed by atoms with Gasteiger partial charge in [-0.3, -0.25) is 18.8 Å². The molecule has 1 atom stereocenters.